The number of ether oxygens (including phenoxy) is 3. The Morgan fingerprint density at radius 1 is 1.26 bits per heavy atom. The Morgan fingerprint density at radius 2 is 2.09 bits per heavy atom. The largest absolute Gasteiger partial charge is 0.486 e. The van der Waals surface area contributed by atoms with Gasteiger partial charge in [-0.25, -0.2) is 4.98 Å². The molecule has 2 aromatic heterocycles. The zero-order valence-corrected chi connectivity index (χ0v) is 19.9. The summed E-state index contributed by atoms with van der Waals surface area (Å²) < 4.78 is 21.0. The maximum atomic E-state index is 10.8. The summed E-state index contributed by atoms with van der Waals surface area (Å²) in [5.74, 6) is 1.00. The minimum absolute atomic E-state index is 0.223. The molecule has 0 saturated carbocycles. The molecule has 3 heterocycles. The highest BCUT2D eigenvalue weighted by molar-refractivity contribution is 7.13. The maximum Gasteiger partial charge on any atom is 0.325 e. The van der Waals surface area contributed by atoms with Gasteiger partial charge in [-0.15, -0.1) is 0 Å². The topological polar surface area (TPSA) is 128 Å². The summed E-state index contributed by atoms with van der Waals surface area (Å²) in [6, 6.07) is 11.3. The Kier molecular flexibility index (Phi) is 6.34. The van der Waals surface area contributed by atoms with E-state index in [0.29, 0.717) is 57.3 Å². The summed E-state index contributed by atoms with van der Waals surface area (Å²) >= 11 is 7.92. The van der Waals surface area contributed by atoms with E-state index in [1.54, 1.807) is 0 Å². The molecule has 0 aliphatic carbocycles. The zero-order valence-electron chi connectivity index (χ0n) is 18.3. The van der Waals surface area contributed by atoms with E-state index in [4.69, 9.17) is 30.9 Å². The number of nitrogens with zero attached hydrogens (tertiary/aromatic N) is 4. The first-order valence-corrected chi connectivity index (χ1v) is 11.6. The molecular weight excluding hydrogens is 494 g/mol. The lowest BCUT2D eigenvalue weighted by Gasteiger charge is -2.19. The molecule has 0 radical (unpaired) electrons. The molecule has 2 N–H and O–H groups in total. The van der Waals surface area contributed by atoms with Gasteiger partial charge >= 0.3 is 5.97 Å². The average Bonchev–Trinajstić information content (AvgIpc) is 3.25. The van der Waals surface area contributed by atoms with E-state index in [9.17, 15) is 4.79 Å². The fraction of sp³-hybridized carbons (Fsp3) is 0.174. The number of nitrogens with one attached hydrogen (secondary N) is 1. The molecule has 10 nitrogen and oxygen atoms in total. The van der Waals surface area contributed by atoms with Crippen LogP contribution in [0.5, 0.6) is 17.4 Å². The predicted octanol–water partition coefficient (Wildman–Crippen LogP) is 4.43. The van der Waals surface area contributed by atoms with Crippen LogP contribution in [-0.4, -0.2) is 58.5 Å². The van der Waals surface area contributed by atoms with E-state index in [1.807, 2.05) is 36.4 Å². The average molecular weight is 512 g/mol. The molecule has 0 spiro atoms. The SMILES string of the molecule is COc1nc2snc(Nc3cccc(-c4ccc5c(c4)OCCO5)c3Cl)c2nc1C=NCC(=O)O. The fourth-order valence-electron chi connectivity index (χ4n) is 3.48. The van der Waals surface area contributed by atoms with E-state index in [-0.39, 0.29) is 5.88 Å². The Hall–Kier alpha value is -3.96. The van der Waals surface area contributed by atoms with Gasteiger partial charge in [0.2, 0.25) is 5.88 Å². The molecule has 0 amide bonds. The first-order chi connectivity index (χ1) is 17.0. The first kappa shape index (κ1) is 22.8. The van der Waals surface area contributed by atoms with Crippen molar-refractivity contribution < 1.29 is 24.1 Å². The molecule has 0 unspecified atom stereocenters. The number of benzene rings is 2. The highest BCUT2D eigenvalue weighted by atomic mass is 35.5. The number of fused-ring (bicyclic) bond motifs is 2. The van der Waals surface area contributed by atoms with Gasteiger partial charge in [0, 0.05) is 5.56 Å². The van der Waals surface area contributed by atoms with Gasteiger partial charge < -0.3 is 24.6 Å². The second kappa shape index (κ2) is 9.72. The van der Waals surface area contributed by atoms with Crippen LogP contribution in [0.2, 0.25) is 5.02 Å². The summed E-state index contributed by atoms with van der Waals surface area (Å²) in [5, 5.41) is 12.6. The van der Waals surface area contributed by atoms with Crippen molar-refractivity contribution in [2.75, 3.05) is 32.2 Å². The number of methoxy groups -OCH3 is 1. The van der Waals surface area contributed by atoms with Crippen LogP contribution in [0, 0.1) is 0 Å². The van der Waals surface area contributed by atoms with E-state index in [2.05, 4.69) is 24.7 Å². The van der Waals surface area contributed by atoms with Crippen molar-refractivity contribution >= 4 is 57.2 Å². The van der Waals surface area contributed by atoms with Crippen LogP contribution in [0.4, 0.5) is 11.5 Å². The summed E-state index contributed by atoms with van der Waals surface area (Å²) in [6.45, 7) is 0.631. The van der Waals surface area contributed by atoms with E-state index in [0.717, 1.165) is 22.7 Å². The predicted molar refractivity (Wildman–Crippen MR) is 133 cm³/mol. The zero-order chi connectivity index (χ0) is 24.4. The quantitative estimate of drug-likeness (QED) is 0.346. The van der Waals surface area contributed by atoms with Gasteiger partial charge in [-0.1, -0.05) is 29.8 Å². The normalized spacial score (nSPS) is 12.7. The van der Waals surface area contributed by atoms with Crippen LogP contribution in [0.15, 0.2) is 41.4 Å². The Morgan fingerprint density at radius 3 is 2.89 bits per heavy atom. The lowest BCUT2D eigenvalue weighted by molar-refractivity contribution is -0.135. The number of anilines is 2. The first-order valence-electron chi connectivity index (χ1n) is 10.4. The van der Waals surface area contributed by atoms with Crippen molar-refractivity contribution in [2.45, 2.75) is 0 Å². The number of carboxylic acids is 1. The molecule has 0 fully saturated rings. The smallest absolute Gasteiger partial charge is 0.325 e. The Bertz CT molecular complexity index is 1460. The lowest BCUT2D eigenvalue weighted by atomic mass is 10.0. The van der Waals surface area contributed by atoms with Gasteiger partial charge in [-0.05, 0) is 35.3 Å². The third-order valence-electron chi connectivity index (χ3n) is 5.04. The highest BCUT2D eigenvalue weighted by Gasteiger charge is 2.18. The molecule has 178 valence electrons. The van der Waals surface area contributed by atoms with Crippen LogP contribution in [0.3, 0.4) is 0 Å². The number of halogens is 1. The van der Waals surface area contributed by atoms with Gasteiger partial charge in [0.15, 0.2) is 22.1 Å². The summed E-state index contributed by atoms with van der Waals surface area (Å²) in [7, 11) is 1.45. The second-order valence-electron chi connectivity index (χ2n) is 7.32. The van der Waals surface area contributed by atoms with Gasteiger partial charge in [0.05, 0.1) is 24.0 Å². The molecule has 5 rings (SSSR count). The third-order valence-corrected chi connectivity index (χ3v) is 6.18. The van der Waals surface area contributed by atoms with E-state index in [1.165, 1.54) is 13.3 Å². The van der Waals surface area contributed by atoms with Gasteiger partial charge in [-0.2, -0.15) is 9.36 Å². The number of rotatable bonds is 7. The van der Waals surface area contributed by atoms with Crippen LogP contribution in [0.25, 0.3) is 21.5 Å². The monoisotopic (exact) mass is 511 g/mol. The number of carbonyl (C=O) groups is 1. The van der Waals surface area contributed by atoms with E-state index >= 15 is 0 Å². The summed E-state index contributed by atoms with van der Waals surface area (Å²) in [6.07, 6.45) is 1.32. The summed E-state index contributed by atoms with van der Waals surface area (Å²) in [5.41, 5.74) is 3.09. The van der Waals surface area contributed by atoms with Gasteiger partial charge in [-0.3, -0.25) is 9.79 Å². The van der Waals surface area contributed by atoms with Crippen LogP contribution in [0.1, 0.15) is 5.69 Å². The minimum Gasteiger partial charge on any atom is -0.486 e. The van der Waals surface area contributed by atoms with Gasteiger partial charge in [0.1, 0.15) is 31.0 Å². The maximum absolute atomic E-state index is 10.8. The molecule has 0 saturated heterocycles. The van der Waals surface area contributed by atoms with Crippen molar-refractivity contribution in [3.05, 3.63) is 47.1 Å². The standard InChI is InChI=1S/C23H18ClN5O5S/c1-32-22-15(10-25-11-18(30)31)26-20-21(29-35-23(20)28-22)27-14-4-2-3-13(19(14)24)12-5-6-16-17(9-12)34-8-7-33-16/h2-6,9-10H,7-8,11H2,1H3,(H,27,29)(H,30,31). The van der Waals surface area contributed by atoms with E-state index < -0.39 is 12.5 Å². The minimum atomic E-state index is -1.05. The van der Waals surface area contributed by atoms with Crippen molar-refractivity contribution in [2.24, 2.45) is 4.99 Å². The number of hydrogen-bond acceptors (Lipinski definition) is 10. The highest BCUT2D eigenvalue weighted by Crippen LogP contribution is 2.40. The molecular formula is C23H18ClN5O5S. The molecule has 1 aliphatic heterocycles. The number of aliphatic imine (C=N–C) groups is 1. The molecule has 12 heteroatoms. The molecule has 35 heavy (non-hydrogen) atoms. The lowest BCUT2D eigenvalue weighted by Crippen LogP contribution is -2.15. The summed E-state index contributed by atoms with van der Waals surface area (Å²) in [4.78, 5) is 24.1. The number of aromatic nitrogens is 3. The van der Waals surface area contributed by atoms with Crippen molar-refractivity contribution in [3.63, 3.8) is 0 Å². The molecule has 4 aromatic rings. The third kappa shape index (κ3) is 4.68. The number of aliphatic carboxylic acids is 1. The van der Waals surface area contributed by atoms with Crippen LogP contribution < -0.4 is 19.5 Å². The molecule has 2 aromatic carbocycles. The van der Waals surface area contributed by atoms with Crippen molar-refractivity contribution in [3.8, 4) is 28.5 Å². The Balaban J connectivity index is 1.48. The second-order valence-corrected chi connectivity index (χ2v) is 8.45. The van der Waals surface area contributed by atoms with Crippen molar-refractivity contribution in [1.29, 1.82) is 0 Å². The number of carboxylic acid groups (broad SMARTS) is 1. The van der Waals surface area contributed by atoms with Gasteiger partial charge in [0.25, 0.3) is 0 Å². The molecule has 0 atom stereocenters. The van der Waals surface area contributed by atoms with Crippen molar-refractivity contribution in [1.82, 2.24) is 14.3 Å². The number of hydrogen-bond donors (Lipinski definition) is 2. The Labute approximate surface area is 208 Å². The molecule has 1 aliphatic rings. The van der Waals surface area contributed by atoms with Crippen LogP contribution in [-0.2, 0) is 4.79 Å². The molecule has 0 bridgehead atoms. The fourth-order valence-corrected chi connectivity index (χ4v) is 4.43. The van der Waals surface area contributed by atoms with Crippen LogP contribution >= 0.6 is 23.1 Å².